The predicted molar refractivity (Wildman–Crippen MR) is 107 cm³/mol. The van der Waals surface area contributed by atoms with E-state index >= 15 is 0 Å². The van der Waals surface area contributed by atoms with Crippen LogP contribution in [0, 0.1) is 11.3 Å². The third-order valence-electron chi connectivity index (χ3n) is 4.15. The molecule has 0 fully saturated rings. The van der Waals surface area contributed by atoms with Crippen molar-refractivity contribution in [1.29, 1.82) is 5.26 Å². The molecule has 0 saturated carbocycles. The van der Waals surface area contributed by atoms with Crippen molar-refractivity contribution in [2.24, 2.45) is 10.2 Å². The normalized spacial score (nSPS) is 13.1. The van der Waals surface area contributed by atoms with Crippen LogP contribution in [0.1, 0.15) is 11.4 Å². The van der Waals surface area contributed by atoms with Crippen LogP contribution in [0.25, 0.3) is 21.3 Å². The number of benzene rings is 2. The molecule has 2 aromatic carbocycles. The highest BCUT2D eigenvalue weighted by molar-refractivity contribution is 7.18. The van der Waals surface area contributed by atoms with Crippen molar-refractivity contribution in [3.8, 4) is 17.2 Å². The van der Waals surface area contributed by atoms with Gasteiger partial charge in [-0.1, -0.05) is 36.4 Å². The topological polar surface area (TPSA) is 90.5 Å². The average molecular weight is 373 g/mol. The van der Waals surface area contributed by atoms with Gasteiger partial charge in [0.05, 0.1) is 28.9 Å². The largest absolute Gasteiger partial charge is 0.350 e. The van der Waals surface area contributed by atoms with Crippen LogP contribution < -0.4 is 5.32 Å². The molecule has 3 aromatic rings. The van der Waals surface area contributed by atoms with E-state index in [0.717, 1.165) is 26.4 Å². The molecular weight excluding hydrogens is 358 g/mol. The first kappa shape index (κ1) is 17.1. The van der Waals surface area contributed by atoms with E-state index < -0.39 is 0 Å². The van der Waals surface area contributed by atoms with Gasteiger partial charge in [0.2, 0.25) is 5.91 Å². The molecule has 0 aliphatic carbocycles. The molecular formula is C20H15N5OS. The molecule has 0 atom stereocenters. The number of carbonyl (C=O) groups excluding carboxylic acids is 1. The molecule has 6 nitrogen and oxygen atoms in total. The summed E-state index contributed by atoms with van der Waals surface area (Å²) < 4.78 is 1.06. The highest BCUT2D eigenvalue weighted by atomic mass is 32.1. The molecule has 0 saturated heterocycles. The monoisotopic (exact) mass is 373 g/mol. The summed E-state index contributed by atoms with van der Waals surface area (Å²) in [6.07, 6.45) is 0.624. The third kappa shape index (κ3) is 3.91. The van der Waals surface area contributed by atoms with Gasteiger partial charge in [-0.2, -0.15) is 10.4 Å². The first-order valence-corrected chi connectivity index (χ1v) is 9.27. The standard InChI is InChI=1S/C20H15N5OS/c21-11-15-9-16(25-24-15)12-22-19(26)10-20-23-17-7-6-14(8-18(17)27-20)13-4-2-1-3-5-13/h1-8H,9-10,12H2,(H,22,26). The fraction of sp³-hybridized carbons (Fsp3) is 0.150. The molecule has 0 bridgehead atoms. The summed E-state index contributed by atoms with van der Waals surface area (Å²) in [5, 5.41) is 20.0. The Morgan fingerprint density at radius 2 is 2.00 bits per heavy atom. The lowest BCUT2D eigenvalue weighted by Gasteiger charge is -2.02. The quantitative estimate of drug-likeness (QED) is 0.743. The van der Waals surface area contributed by atoms with Gasteiger partial charge in [0, 0.05) is 6.42 Å². The number of rotatable bonds is 5. The minimum absolute atomic E-state index is 0.120. The lowest BCUT2D eigenvalue weighted by Crippen LogP contribution is -2.30. The SMILES string of the molecule is N#CC1=NN=C(CNC(=O)Cc2nc3ccc(-c4ccccc4)cc3s2)C1. The summed E-state index contributed by atoms with van der Waals surface area (Å²) in [7, 11) is 0. The molecule has 2 heterocycles. The van der Waals surface area contributed by atoms with Gasteiger partial charge in [-0.15, -0.1) is 16.4 Å². The molecule has 1 aliphatic heterocycles. The van der Waals surface area contributed by atoms with E-state index in [4.69, 9.17) is 5.26 Å². The molecule has 132 valence electrons. The van der Waals surface area contributed by atoms with Gasteiger partial charge in [-0.3, -0.25) is 4.79 Å². The number of nitrogens with zero attached hydrogens (tertiary/aromatic N) is 4. The number of amides is 1. The number of hydrogen-bond acceptors (Lipinski definition) is 6. The predicted octanol–water partition coefficient (Wildman–Crippen LogP) is 3.35. The summed E-state index contributed by atoms with van der Waals surface area (Å²) in [6, 6.07) is 18.3. The number of fused-ring (bicyclic) bond motifs is 1. The molecule has 4 rings (SSSR count). The minimum atomic E-state index is -0.120. The molecule has 0 spiro atoms. The maximum absolute atomic E-state index is 12.2. The maximum Gasteiger partial charge on any atom is 0.227 e. The summed E-state index contributed by atoms with van der Waals surface area (Å²) in [4.78, 5) is 16.7. The van der Waals surface area contributed by atoms with E-state index in [1.54, 1.807) is 0 Å². The van der Waals surface area contributed by atoms with E-state index in [0.29, 0.717) is 24.4 Å². The van der Waals surface area contributed by atoms with E-state index in [9.17, 15) is 4.79 Å². The zero-order valence-corrected chi connectivity index (χ0v) is 15.2. The Labute approximate surface area is 159 Å². The number of hydrogen-bond donors (Lipinski definition) is 1. The van der Waals surface area contributed by atoms with Crippen LogP contribution >= 0.6 is 11.3 Å². The van der Waals surface area contributed by atoms with Crippen molar-refractivity contribution in [2.45, 2.75) is 12.8 Å². The Balaban J connectivity index is 1.41. The van der Waals surface area contributed by atoms with E-state index in [1.807, 2.05) is 36.4 Å². The van der Waals surface area contributed by atoms with Crippen molar-refractivity contribution >= 4 is 38.9 Å². The van der Waals surface area contributed by atoms with Crippen molar-refractivity contribution in [2.75, 3.05) is 6.54 Å². The highest BCUT2D eigenvalue weighted by Gasteiger charge is 2.14. The lowest BCUT2D eigenvalue weighted by molar-refractivity contribution is -0.120. The van der Waals surface area contributed by atoms with Gasteiger partial charge in [0.15, 0.2) is 0 Å². The number of nitriles is 1. The van der Waals surface area contributed by atoms with Gasteiger partial charge < -0.3 is 5.32 Å². The minimum Gasteiger partial charge on any atom is -0.350 e. The van der Waals surface area contributed by atoms with Crippen molar-refractivity contribution < 1.29 is 4.79 Å². The van der Waals surface area contributed by atoms with Crippen LogP contribution in [-0.4, -0.2) is 28.9 Å². The van der Waals surface area contributed by atoms with Crippen molar-refractivity contribution in [3.63, 3.8) is 0 Å². The smallest absolute Gasteiger partial charge is 0.227 e. The van der Waals surface area contributed by atoms with Crippen LogP contribution in [-0.2, 0) is 11.2 Å². The Hall–Kier alpha value is -3.37. The van der Waals surface area contributed by atoms with Gasteiger partial charge in [0.1, 0.15) is 16.8 Å². The van der Waals surface area contributed by atoms with Crippen LogP contribution in [0.5, 0.6) is 0 Å². The van der Waals surface area contributed by atoms with E-state index in [2.05, 4.69) is 38.7 Å². The summed E-state index contributed by atoms with van der Waals surface area (Å²) in [5.41, 5.74) is 4.25. The molecule has 1 aliphatic rings. The second-order valence-corrected chi connectivity index (χ2v) is 7.23. The molecule has 1 N–H and O–H groups in total. The van der Waals surface area contributed by atoms with Crippen molar-refractivity contribution in [1.82, 2.24) is 10.3 Å². The van der Waals surface area contributed by atoms with Crippen LogP contribution in [0.4, 0.5) is 0 Å². The second-order valence-electron chi connectivity index (χ2n) is 6.11. The van der Waals surface area contributed by atoms with Crippen LogP contribution in [0.3, 0.4) is 0 Å². The highest BCUT2D eigenvalue weighted by Crippen LogP contribution is 2.28. The summed E-state index contributed by atoms with van der Waals surface area (Å²) >= 11 is 1.53. The molecule has 1 amide bonds. The fourth-order valence-electron chi connectivity index (χ4n) is 2.81. The number of nitrogens with one attached hydrogen (secondary N) is 1. The fourth-order valence-corrected chi connectivity index (χ4v) is 3.82. The lowest BCUT2D eigenvalue weighted by atomic mass is 10.1. The Morgan fingerprint density at radius 1 is 1.15 bits per heavy atom. The molecule has 27 heavy (non-hydrogen) atoms. The van der Waals surface area contributed by atoms with Crippen LogP contribution in [0.2, 0.25) is 0 Å². The van der Waals surface area contributed by atoms with Crippen molar-refractivity contribution in [3.05, 3.63) is 53.5 Å². The summed E-state index contributed by atoms with van der Waals surface area (Å²) in [5.74, 6) is -0.120. The molecule has 1 aromatic heterocycles. The molecule has 0 radical (unpaired) electrons. The number of thiazole rings is 1. The molecule has 0 unspecified atom stereocenters. The van der Waals surface area contributed by atoms with Gasteiger partial charge in [-0.25, -0.2) is 4.98 Å². The van der Waals surface area contributed by atoms with Gasteiger partial charge in [-0.05, 0) is 23.3 Å². The summed E-state index contributed by atoms with van der Waals surface area (Å²) in [6.45, 7) is 0.302. The zero-order chi connectivity index (χ0) is 18.6. The number of aromatic nitrogens is 1. The Kier molecular flexibility index (Phi) is 4.73. The van der Waals surface area contributed by atoms with Gasteiger partial charge >= 0.3 is 0 Å². The average Bonchev–Trinajstić information content (AvgIpc) is 3.32. The van der Waals surface area contributed by atoms with Gasteiger partial charge in [0.25, 0.3) is 0 Å². The zero-order valence-electron chi connectivity index (χ0n) is 14.3. The van der Waals surface area contributed by atoms with E-state index in [1.165, 1.54) is 11.3 Å². The maximum atomic E-state index is 12.2. The first-order valence-electron chi connectivity index (χ1n) is 8.45. The van der Waals surface area contributed by atoms with Crippen LogP contribution in [0.15, 0.2) is 58.7 Å². The van der Waals surface area contributed by atoms with E-state index in [-0.39, 0.29) is 12.3 Å². The molecule has 7 heteroatoms. The Morgan fingerprint density at radius 3 is 2.78 bits per heavy atom. The number of carbonyl (C=O) groups is 1. The Bertz CT molecular complexity index is 1110. The first-order chi connectivity index (χ1) is 13.2. The second kappa shape index (κ2) is 7.48. The third-order valence-corrected chi connectivity index (χ3v) is 5.17.